The van der Waals surface area contributed by atoms with Crippen molar-refractivity contribution in [3.63, 3.8) is 0 Å². The summed E-state index contributed by atoms with van der Waals surface area (Å²) in [4.78, 5) is 16.6. The Balaban J connectivity index is 1.43. The number of carbonyl (C=O) groups is 1. The van der Waals surface area contributed by atoms with E-state index in [1.807, 2.05) is 37.4 Å². The molecular weight excluding hydrogens is 364 g/mol. The molecule has 0 fully saturated rings. The van der Waals surface area contributed by atoms with Gasteiger partial charge >= 0.3 is 0 Å². The quantitative estimate of drug-likeness (QED) is 0.556. The SMILES string of the molecule is Cc1cc(/C=N\NC(=O)[C@H]2COc3ccccc3O2)c(C)n1-c1nccs1. The first-order valence-corrected chi connectivity index (χ1v) is 9.31. The first-order chi connectivity index (χ1) is 13.1. The molecule has 4 rings (SSSR count). The monoisotopic (exact) mass is 382 g/mol. The summed E-state index contributed by atoms with van der Waals surface area (Å²) in [5.74, 6) is 0.842. The van der Waals surface area contributed by atoms with Gasteiger partial charge in [0, 0.05) is 28.5 Å². The largest absolute Gasteiger partial charge is 0.485 e. The van der Waals surface area contributed by atoms with Crippen molar-refractivity contribution in [2.24, 2.45) is 5.10 Å². The van der Waals surface area contributed by atoms with Gasteiger partial charge in [0.1, 0.15) is 6.61 Å². The summed E-state index contributed by atoms with van der Waals surface area (Å²) in [7, 11) is 0. The molecule has 2 aromatic heterocycles. The summed E-state index contributed by atoms with van der Waals surface area (Å²) in [5.41, 5.74) is 5.49. The van der Waals surface area contributed by atoms with Gasteiger partial charge in [0.15, 0.2) is 16.6 Å². The number of carbonyl (C=O) groups excluding carboxylic acids is 1. The Labute approximate surface area is 160 Å². The molecule has 0 aliphatic carbocycles. The molecule has 1 N–H and O–H groups in total. The molecule has 1 amide bonds. The Bertz CT molecular complexity index is 995. The molecule has 138 valence electrons. The number of nitrogens with one attached hydrogen (secondary N) is 1. The summed E-state index contributed by atoms with van der Waals surface area (Å²) in [6.07, 6.45) is 2.67. The lowest BCUT2D eigenvalue weighted by Crippen LogP contribution is -2.42. The Kier molecular flexibility index (Phi) is 4.64. The molecule has 1 atom stereocenters. The van der Waals surface area contributed by atoms with E-state index in [9.17, 15) is 4.79 Å². The predicted octanol–water partition coefficient (Wildman–Crippen LogP) is 2.84. The van der Waals surface area contributed by atoms with Crippen molar-refractivity contribution >= 4 is 23.5 Å². The average molecular weight is 382 g/mol. The normalized spacial score (nSPS) is 15.9. The minimum Gasteiger partial charge on any atom is -0.485 e. The summed E-state index contributed by atoms with van der Waals surface area (Å²) < 4.78 is 13.3. The van der Waals surface area contributed by atoms with Gasteiger partial charge in [-0.1, -0.05) is 12.1 Å². The van der Waals surface area contributed by atoms with Gasteiger partial charge in [-0.15, -0.1) is 11.3 Å². The predicted molar refractivity (Wildman–Crippen MR) is 103 cm³/mol. The molecule has 1 aliphatic heterocycles. The number of hydrazone groups is 1. The van der Waals surface area contributed by atoms with Crippen LogP contribution in [0.2, 0.25) is 0 Å². The second kappa shape index (κ2) is 7.24. The van der Waals surface area contributed by atoms with E-state index in [0.717, 1.165) is 22.1 Å². The maximum Gasteiger partial charge on any atom is 0.284 e. The molecule has 7 nitrogen and oxygen atoms in total. The number of thiazole rings is 1. The van der Waals surface area contributed by atoms with Crippen LogP contribution in [0.3, 0.4) is 0 Å². The van der Waals surface area contributed by atoms with Crippen molar-refractivity contribution < 1.29 is 14.3 Å². The van der Waals surface area contributed by atoms with Gasteiger partial charge in [0.25, 0.3) is 5.91 Å². The van der Waals surface area contributed by atoms with Gasteiger partial charge in [-0.05, 0) is 32.0 Å². The van der Waals surface area contributed by atoms with Crippen LogP contribution in [0.15, 0.2) is 47.0 Å². The molecule has 0 saturated carbocycles. The van der Waals surface area contributed by atoms with E-state index in [1.54, 1.807) is 35.9 Å². The number of aromatic nitrogens is 2. The zero-order valence-corrected chi connectivity index (χ0v) is 15.7. The third-order valence-corrected chi connectivity index (χ3v) is 5.02. The van der Waals surface area contributed by atoms with Gasteiger partial charge in [-0.2, -0.15) is 5.10 Å². The van der Waals surface area contributed by atoms with Gasteiger partial charge in [-0.25, -0.2) is 10.4 Å². The maximum absolute atomic E-state index is 12.3. The fourth-order valence-corrected chi connectivity index (χ4v) is 3.68. The molecule has 3 aromatic rings. The number of nitrogens with zero attached hydrogens (tertiary/aromatic N) is 3. The molecule has 0 spiro atoms. The van der Waals surface area contributed by atoms with Gasteiger partial charge < -0.3 is 9.47 Å². The first-order valence-electron chi connectivity index (χ1n) is 8.43. The highest BCUT2D eigenvalue weighted by atomic mass is 32.1. The number of para-hydroxylation sites is 2. The van der Waals surface area contributed by atoms with Crippen LogP contribution in [0, 0.1) is 13.8 Å². The molecule has 0 unspecified atom stereocenters. The summed E-state index contributed by atoms with van der Waals surface area (Å²) >= 11 is 1.57. The number of amides is 1. The van der Waals surface area contributed by atoms with Crippen molar-refractivity contribution in [1.29, 1.82) is 0 Å². The minimum atomic E-state index is -0.736. The van der Waals surface area contributed by atoms with E-state index in [0.29, 0.717) is 11.5 Å². The lowest BCUT2D eigenvalue weighted by Gasteiger charge is -2.24. The van der Waals surface area contributed by atoms with E-state index in [2.05, 4.69) is 20.1 Å². The van der Waals surface area contributed by atoms with Crippen LogP contribution in [0.4, 0.5) is 0 Å². The number of hydrogen-bond acceptors (Lipinski definition) is 6. The number of benzene rings is 1. The van der Waals surface area contributed by atoms with Crippen LogP contribution in [0.1, 0.15) is 17.0 Å². The third kappa shape index (κ3) is 3.43. The fourth-order valence-electron chi connectivity index (χ4n) is 2.93. The Morgan fingerprint density at radius 2 is 2.19 bits per heavy atom. The second-order valence-electron chi connectivity index (χ2n) is 6.08. The van der Waals surface area contributed by atoms with Crippen molar-refractivity contribution in [1.82, 2.24) is 15.0 Å². The van der Waals surface area contributed by atoms with Crippen LogP contribution in [-0.4, -0.2) is 34.4 Å². The molecule has 1 aliphatic rings. The summed E-state index contributed by atoms with van der Waals surface area (Å²) in [5, 5.41) is 6.92. The van der Waals surface area contributed by atoms with Crippen LogP contribution in [0.25, 0.3) is 5.13 Å². The highest BCUT2D eigenvalue weighted by Crippen LogP contribution is 2.30. The van der Waals surface area contributed by atoms with E-state index in [-0.39, 0.29) is 12.5 Å². The van der Waals surface area contributed by atoms with Gasteiger partial charge in [0.2, 0.25) is 6.10 Å². The molecule has 0 radical (unpaired) electrons. The lowest BCUT2D eigenvalue weighted by atomic mass is 10.2. The zero-order valence-electron chi connectivity index (χ0n) is 14.9. The van der Waals surface area contributed by atoms with Crippen molar-refractivity contribution in [2.75, 3.05) is 6.61 Å². The Hall–Kier alpha value is -3.13. The minimum absolute atomic E-state index is 0.150. The van der Waals surface area contributed by atoms with E-state index < -0.39 is 6.10 Å². The highest BCUT2D eigenvalue weighted by molar-refractivity contribution is 7.12. The highest BCUT2D eigenvalue weighted by Gasteiger charge is 2.27. The third-order valence-electron chi connectivity index (χ3n) is 4.26. The molecule has 0 saturated heterocycles. The van der Waals surface area contributed by atoms with Gasteiger partial charge in [-0.3, -0.25) is 9.36 Å². The number of hydrogen-bond donors (Lipinski definition) is 1. The molecule has 1 aromatic carbocycles. The van der Waals surface area contributed by atoms with E-state index in [1.165, 1.54) is 0 Å². The molecule has 8 heteroatoms. The fraction of sp³-hybridized carbons (Fsp3) is 0.211. The first kappa shape index (κ1) is 17.3. The zero-order chi connectivity index (χ0) is 18.8. The number of rotatable bonds is 4. The molecule has 0 bridgehead atoms. The van der Waals surface area contributed by atoms with Crippen molar-refractivity contribution in [3.8, 4) is 16.6 Å². The second-order valence-corrected chi connectivity index (χ2v) is 6.95. The summed E-state index contributed by atoms with van der Waals surface area (Å²) in [6.45, 7) is 4.15. The summed E-state index contributed by atoms with van der Waals surface area (Å²) in [6, 6.07) is 9.27. The lowest BCUT2D eigenvalue weighted by molar-refractivity contribution is -0.130. The van der Waals surface area contributed by atoms with Crippen LogP contribution < -0.4 is 14.9 Å². The van der Waals surface area contributed by atoms with Crippen LogP contribution in [-0.2, 0) is 4.79 Å². The van der Waals surface area contributed by atoms with Crippen LogP contribution in [0.5, 0.6) is 11.5 Å². The Morgan fingerprint density at radius 3 is 2.96 bits per heavy atom. The number of aryl methyl sites for hydroxylation is 1. The maximum atomic E-state index is 12.3. The number of fused-ring (bicyclic) bond motifs is 1. The molecule has 3 heterocycles. The molecule has 27 heavy (non-hydrogen) atoms. The van der Waals surface area contributed by atoms with Gasteiger partial charge in [0.05, 0.1) is 6.21 Å². The van der Waals surface area contributed by atoms with Crippen molar-refractivity contribution in [3.05, 3.63) is 58.9 Å². The molecular formula is C19H18N4O3S. The smallest absolute Gasteiger partial charge is 0.284 e. The number of ether oxygens (including phenoxy) is 2. The van der Waals surface area contributed by atoms with Crippen LogP contribution >= 0.6 is 11.3 Å². The topological polar surface area (TPSA) is 77.7 Å². The standard InChI is InChI=1S/C19H18N4O3S/c1-12-9-14(13(2)23(12)19-20-7-8-27-19)10-21-22-18(24)17-11-25-15-5-3-4-6-16(15)26-17/h3-10,17H,11H2,1-2H3,(H,22,24)/b21-10-/t17-/m1/s1. The average Bonchev–Trinajstić information content (AvgIpc) is 3.29. The Morgan fingerprint density at radius 1 is 1.37 bits per heavy atom. The van der Waals surface area contributed by atoms with Crippen molar-refractivity contribution in [2.45, 2.75) is 20.0 Å². The van der Waals surface area contributed by atoms with E-state index >= 15 is 0 Å². The van der Waals surface area contributed by atoms with E-state index in [4.69, 9.17) is 9.47 Å².